The summed E-state index contributed by atoms with van der Waals surface area (Å²) in [6.07, 6.45) is 0.0867. The van der Waals surface area contributed by atoms with Gasteiger partial charge in [-0.25, -0.2) is 0 Å². The molecule has 0 aliphatic carbocycles. The Kier molecular flexibility index (Phi) is 3.11. The van der Waals surface area contributed by atoms with Crippen LogP contribution < -0.4 is 4.74 Å². The Bertz CT molecular complexity index is 221. The van der Waals surface area contributed by atoms with Crippen molar-refractivity contribution >= 4 is 0 Å². The molecule has 0 spiro atoms. The van der Waals surface area contributed by atoms with Crippen molar-refractivity contribution in [2.24, 2.45) is 0 Å². The molecule has 0 amide bonds. The predicted molar refractivity (Wildman–Crippen MR) is 49.1 cm³/mol. The molecule has 1 rings (SSSR count). The van der Waals surface area contributed by atoms with Crippen LogP contribution in [0.25, 0.3) is 0 Å². The third-order valence-corrected chi connectivity index (χ3v) is 1.71. The van der Waals surface area contributed by atoms with Crippen molar-refractivity contribution in [1.29, 1.82) is 0 Å². The van der Waals surface area contributed by atoms with Crippen molar-refractivity contribution in [3.63, 3.8) is 0 Å². The molecule has 1 aromatic carbocycles. The van der Waals surface area contributed by atoms with Gasteiger partial charge >= 0.3 is 0 Å². The molecule has 0 bridgehead atoms. The zero-order valence-electron chi connectivity index (χ0n) is 7.74. The maximum absolute atomic E-state index is 5.55. The van der Waals surface area contributed by atoms with E-state index in [1.807, 2.05) is 50.2 Å². The summed E-state index contributed by atoms with van der Waals surface area (Å²) in [5, 5.41) is 0. The number of rotatable bonds is 3. The predicted octanol–water partition coefficient (Wildman–Crippen LogP) is 1.77. The van der Waals surface area contributed by atoms with Gasteiger partial charge in [0.15, 0.2) is 0 Å². The van der Waals surface area contributed by atoms with E-state index < -0.39 is 0 Å². The quantitative estimate of drug-likeness (QED) is 0.631. The molecular weight excluding hydrogens is 150 g/mol. The van der Waals surface area contributed by atoms with Crippen molar-refractivity contribution in [3.8, 4) is 5.75 Å². The van der Waals surface area contributed by atoms with Crippen molar-refractivity contribution in [1.82, 2.24) is 4.90 Å². The van der Waals surface area contributed by atoms with Crippen molar-refractivity contribution in [2.75, 3.05) is 14.1 Å². The van der Waals surface area contributed by atoms with Crippen LogP contribution in [0.3, 0.4) is 0 Å². The molecule has 0 aromatic heterocycles. The van der Waals surface area contributed by atoms with Gasteiger partial charge in [0.2, 0.25) is 0 Å². The smallest absolute Gasteiger partial charge is 0.149 e. The Balaban J connectivity index is 2.53. The van der Waals surface area contributed by atoms with Gasteiger partial charge in [0.25, 0.3) is 0 Å². The fraction of sp³-hybridized carbons (Fsp3) is 0.400. The minimum absolute atomic E-state index is 0.0867. The lowest BCUT2D eigenvalue weighted by atomic mass is 10.3. The summed E-state index contributed by atoms with van der Waals surface area (Å²) in [5.74, 6) is 0.790. The molecule has 2 nitrogen and oxygen atoms in total. The summed E-state index contributed by atoms with van der Waals surface area (Å²) in [4.78, 5) is 2.00. The number of hydrogen-bond acceptors (Lipinski definition) is 2. The molecule has 1 aromatic rings. The standard InChI is InChI=1S/C10H14NO/c1-9(11(2)3)12-10-7-5-4-6-8-10/h4-7,9H,1-3H3. The van der Waals surface area contributed by atoms with Crippen molar-refractivity contribution in [2.45, 2.75) is 13.2 Å². The van der Waals surface area contributed by atoms with E-state index >= 15 is 0 Å². The summed E-state index contributed by atoms with van der Waals surface area (Å²) in [5.41, 5.74) is 0. The van der Waals surface area contributed by atoms with Gasteiger partial charge < -0.3 is 4.74 Å². The molecule has 2 heteroatoms. The van der Waals surface area contributed by atoms with Crippen LogP contribution in [0.15, 0.2) is 24.3 Å². The zero-order chi connectivity index (χ0) is 8.97. The molecule has 0 heterocycles. The molecule has 12 heavy (non-hydrogen) atoms. The summed E-state index contributed by atoms with van der Waals surface area (Å²) in [7, 11) is 3.96. The third-order valence-electron chi connectivity index (χ3n) is 1.71. The number of benzene rings is 1. The van der Waals surface area contributed by atoms with Crippen LogP contribution in [-0.2, 0) is 0 Å². The normalized spacial score (nSPS) is 13.0. The summed E-state index contributed by atoms with van der Waals surface area (Å²) in [6.45, 7) is 2.00. The van der Waals surface area contributed by atoms with Crippen LogP contribution in [0, 0.1) is 6.07 Å². The average molecular weight is 164 g/mol. The number of para-hydroxylation sites is 1. The Labute approximate surface area is 73.8 Å². The minimum Gasteiger partial charge on any atom is -0.475 e. The van der Waals surface area contributed by atoms with E-state index in [4.69, 9.17) is 4.74 Å². The SMILES string of the molecule is CC(Oc1[c]cccc1)N(C)C. The second kappa shape index (κ2) is 4.12. The van der Waals surface area contributed by atoms with E-state index in [1.54, 1.807) is 0 Å². The van der Waals surface area contributed by atoms with E-state index in [0.717, 1.165) is 5.75 Å². The molecule has 1 atom stereocenters. The lowest BCUT2D eigenvalue weighted by molar-refractivity contribution is 0.0813. The maximum atomic E-state index is 5.55. The topological polar surface area (TPSA) is 12.5 Å². The lowest BCUT2D eigenvalue weighted by Crippen LogP contribution is -2.30. The summed E-state index contributed by atoms with van der Waals surface area (Å²) < 4.78 is 5.55. The highest BCUT2D eigenvalue weighted by Gasteiger charge is 2.04. The van der Waals surface area contributed by atoms with Crippen molar-refractivity contribution < 1.29 is 4.74 Å². The molecule has 0 saturated carbocycles. The van der Waals surface area contributed by atoms with Crippen LogP contribution in [-0.4, -0.2) is 25.2 Å². The fourth-order valence-electron chi connectivity index (χ4n) is 0.739. The molecule has 0 saturated heterocycles. The number of ether oxygens (including phenoxy) is 1. The monoisotopic (exact) mass is 164 g/mol. The molecule has 1 radical (unpaired) electrons. The van der Waals surface area contributed by atoms with Crippen molar-refractivity contribution in [3.05, 3.63) is 30.3 Å². The highest BCUT2D eigenvalue weighted by molar-refractivity contribution is 5.19. The molecule has 0 fully saturated rings. The lowest BCUT2D eigenvalue weighted by Gasteiger charge is -2.20. The van der Waals surface area contributed by atoms with E-state index in [9.17, 15) is 0 Å². The molecular formula is C10H14NO. The van der Waals surface area contributed by atoms with Gasteiger partial charge in [-0.05, 0) is 27.1 Å². The summed E-state index contributed by atoms with van der Waals surface area (Å²) >= 11 is 0. The van der Waals surface area contributed by atoms with Crippen LogP contribution in [0.2, 0.25) is 0 Å². The van der Waals surface area contributed by atoms with E-state index in [0.29, 0.717) is 0 Å². The third kappa shape index (κ3) is 2.55. The first-order valence-corrected chi connectivity index (χ1v) is 4.00. The second-order valence-corrected chi connectivity index (χ2v) is 2.91. The first-order valence-electron chi connectivity index (χ1n) is 4.00. The number of hydrogen-bond donors (Lipinski definition) is 0. The van der Waals surface area contributed by atoms with Gasteiger partial charge in [0.05, 0.1) is 0 Å². The van der Waals surface area contributed by atoms with E-state index in [1.165, 1.54) is 0 Å². The Morgan fingerprint density at radius 2 is 2.17 bits per heavy atom. The van der Waals surface area contributed by atoms with Crippen LogP contribution >= 0.6 is 0 Å². The molecule has 1 unspecified atom stereocenters. The fourth-order valence-corrected chi connectivity index (χ4v) is 0.739. The Hall–Kier alpha value is -1.02. The first kappa shape index (κ1) is 9.07. The Morgan fingerprint density at radius 1 is 1.42 bits per heavy atom. The van der Waals surface area contributed by atoms with Gasteiger partial charge in [-0.15, -0.1) is 0 Å². The number of nitrogens with zero attached hydrogens (tertiary/aromatic N) is 1. The van der Waals surface area contributed by atoms with E-state index in [-0.39, 0.29) is 6.23 Å². The van der Waals surface area contributed by atoms with Gasteiger partial charge in [0, 0.05) is 6.07 Å². The molecule has 0 N–H and O–H groups in total. The Morgan fingerprint density at radius 3 is 2.67 bits per heavy atom. The van der Waals surface area contributed by atoms with Gasteiger partial charge in [-0.1, -0.05) is 18.2 Å². The summed E-state index contributed by atoms with van der Waals surface area (Å²) in [6, 6.07) is 10.6. The van der Waals surface area contributed by atoms with Gasteiger partial charge in [-0.3, -0.25) is 4.90 Å². The highest BCUT2D eigenvalue weighted by Crippen LogP contribution is 2.10. The first-order chi connectivity index (χ1) is 5.70. The van der Waals surface area contributed by atoms with Gasteiger partial charge in [-0.2, -0.15) is 0 Å². The van der Waals surface area contributed by atoms with Crippen LogP contribution in [0.4, 0.5) is 0 Å². The zero-order valence-corrected chi connectivity index (χ0v) is 7.74. The second-order valence-electron chi connectivity index (χ2n) is 2.91. The maximum Gasteiger partial charge on any atom is 0.149 e. The van der Waals surface area contributed by atoms with Crippen LogP contribution in [0.1, 0.15) is 6.92 Å². The molecule has 0 aliphatic rings. The average Bonchev–Trinajstić information content (AvgIpc) is 2.06. The van der Waals surface area contributed by atoms with Crippen LogP contribution in [0.5, 0.6) is 5.75 Å². The highest BCUT2D eigenvalue weighted by atomic mass is 16.5. The van der Waals surface area contributed by atoms with Gasteiger partial charge in [0.1, 0.15) is 12.0 Å². The largest absolute Gasteiger partial charge is 0.475 e. The minimum atomic E-state index is 0.0867. The molecule has 0 aliphatic heterocycles. The van der Waals surface area contributed by atoms with E-state index in [2.05, 4.69) is 6.07 Å². The molecule has 65 valence electrons.